The first-order valence-electron chi connectivity index (χ1n) is 8.32. The van der Waals surface area contributed by atoms with Crippen molar-refractivity contribution in [3.8, 4) is 0 Å². The summed E-state index contributed by atoms with van der Waals surface area (Å²) in [5.74, 6) is -1.89. The lowest BCUT2D eigenvalue weighted by molar-refractivity contribution is -0.153. The summed E-state index contributed by atoms with van der Waals surface area (Å²) in [5, 5.41) is 5.21. The van der Waals surface area contributed by atoms with Gasteiger partial charge in [0, 0.05) is 10.7 Å². The molecule has 0 radical (unpaired) electrons. The topological polar surface area (TPSA) is 111 Å². The van der Waals surface area contributed by atoms with Gasteiger partial charge in [0.2, 0.25) is 0 Å². The average molecular weight is 408 g/mol. The molecule has 0 saturated heterocycles. The molecule has 148 valence electrons. The lowest BCUT2D eigenvalue weighted by atomic mass is 10.0. The Morgan fingerprint density at radius 2 is 1.89 bits per heavy atom. The van der Waals surface area contributed by atoms with E-state index in [1.165, 1.54) is 25.1 Å². The Bertz CT molecular complexity index is 878. The molecular weight excluding hydrogens is 389 g/mol. The number of nitrogens with one attached hydrogen (secondary N) is 2. The number of halogens is 2. The maximum atomic E-state index is 13.2. The van der Waals surface area contributed by atoms with E-state index in [0.717, 1.165) is 6.07 Å². The number of esters is 1. The zero-order chi connectivity index (χ0) is 20.7. The average Bonchev–Trinajstić information content (AvgIpc) is 2.61. The molecule has 0 heterocycles. The molecule has 2 rings (SSSR count). The fraction of sp³-hybridized carbons (Fsp3) is 0.211. The van der Waals surface area contributed by atoms with E-state index in [9.17, 15) is 18.8 Å². The fourth-order valence-corrected chi connectivity index (χ4v) is 2.71. The standard InChI is InChI=1S/C19H19ClFN3O4/c1-11(18(26)23-13-6-4-5-12(21)9-13)28-17(25)10-16(24-19(22)27)14-7-2-3-8-15(14)20/h2-9,11,16H,10H2,1H3,(H,23,26)(H3,22,24,27)/t11-,16-/m1/s1. The highest BCUT2D eigenvalue weighted by Crippen LogP contribution is 2.25. The number of anilines is 1. The quantitative estimate of drug-likeness (QED) is 0.612. The molecule has 2 aromatic rings. The van der Waals surface area contributed by atoms with E-state index < -0.39 is 35.9 Å². The summed E-state index contributed by atoms with van der Waals surface area (Å²) in [7, 11) is 0. The highest BCUT2D eigenvalue weighted by atomic mass is 35.5. The first-order chi connectivity index (χ1) is 13.3. The summed E-state index contributed by atoms with van der Waals surface area (Å²) >= 11 is 6.11. The largest absolute Gasteiger partial charge is 0.452 e. The zero-order valence-electron chi connectivity index (χ0n) is 14.9. The van der Waals surface area contributed by atoms with Gasteiger partial charge in [-0.25, -0.2) is 9.18 Å². The molecule has 0 aliphatic rings. The van der Waals surface area contributed by atoms with Crippen LogP contribution in [0.1, 0.15) is 24.9 Å². The first kappa shape index (κ1) is 21.2. The number of hydrogen-bond donors (Lipinski definition) is 3. The highest BCUT2D eigenvalue weighted by molar-refractivity contribution is 6.31. The van der Waals surface area contributed by atoms with Crippen LogP contribution in [0.25, 0.3) is 0 Å². The Morgan fingerprint density at radius 3 is 2.54 bits per heavy atom. The predicted octanol–water partition coefficient (Wildman–Crippen LogP) is 3.15. The molecule has 3 amide bonds. The van der Waals surface area contributed by atoms with Gasteiger partial charge in [-0.3, -0.25) is 9.59 Å². The van der Waals surface area contributed by atoms with Gasteiger partial charge in [-0.1, -0.05) is 35.9 Å². The van der Waals surface area contributed by atoms with E-state index in [1.54, 1.807) is 24.3 Å². The molecule has 0 aromatic heterocycles. The van der Waals surface area contributed by atoms with Crippen LogP contribution in [0.4, 0.5) is 14.9 Å². The van der Waals surface area contributed by atoms with Crippen molar-refractivity contribution in [1.29, 1.82) is 0 Å². The van der Waals surface area contributed by atoms with Gasteiger partial charge in [0.05, 0.1) is 12.5 Å². The molecule has 7 nitrogen and oxygen atoms in total. The van der Waals surface area contributed by atoms with Crippen molar-refractivity contribution >= 4 is 35.2 Å². The third-order valence-electron chi connectivity index (χ3n) is 3.74. The molecule has 0 spiro atoms. The second-order valence-electron chi connectivity index (χ2n) is 5.92. The Morgan fingerprint density at radius 1 is 1.18 bits per heavy atom. The minimum absolute atomic E-state index is 0.234. The van der Waals surface area contributed by atoms with Gasteiger partial charge < -0.3 is 21.1 Å². The van der Waals surface area contributed by atoms with Crippen molar-refractivity contribution in [2.24, 2.45) is 5.73 Å². The predicted molar refractivity (Wildman–Crippen MR) is 102 cm³/mol. The van der Waals surface area contributed by atoms with Crippen LogP contribution in [0.15, 0.2) is 48.5 Å². The molecule has 0 aliphatic heterocycles. The number of ether oxygens (including phenoxy) is 1. The third kappa shape index (κ3) is 6.24. The SMILES string of the molecule is C[C@@H](OC(=O)C[C@@H](NC(N)=O)c1ccccc1Cl)C(=O)Nc1cccc(F)c1. The molecular formula is C19H19ClFN3O4. The van der Waals surface area contributed by atoms with E-state index >= 15 is 0 Å². The first-order valence-corrected chi connectivity index (χ1v) is 8.70. The van der Waals surface area contributed by atoms with Crippen LogP contribution in [0.2, 0.25) is 5.02 Å². The number of hydrogen-bond acceptors (Lipinski definition) is 4. The van der Waals surface area contributed by atoms with Gasteiger partial charge in [-0.2, -0.15) is 0 Å². The van der Waals surface area contributed by atoms with Crippen molar-refractivity contribution in [1.82, 2.24) is 5.32 Å². The van der Waals surface area contributed by atoms with Gasteiger partial charge in [-0.05, 0) is 36.8 Å². The van der Waals surface area contributed by atoms with Gasteiger partial charge in [0.1, 0.15) is 5.82 Å². The number of urea groups is 1. The van der Waals surface area contributed by atoms with Crippen LogP contribution in [0.5, 0.6) is 0 Å². The van der Waals surface area contributed by atoms with Crippen LogP contribution < -0.4 is 16.4 Å². The second-order valence-corrected chi connectivity index (χ2v) is 6.33. The fourth-order valence-electron chi connectivity index (χ4n) is 2.44. The number of carbonyl (C=O) groups excluding carboxylic acids is 3. The number of amides is 3. The molecule has 4 N–H and O–H groups in total. The van der Waals surface area contributed by atoms with Crippen LogP contribution in [-0.2, 0) is 14.3 Å². The third-order valence-corrected chi connectivity index (χ3v) is 4.08. The van der Waals surface area contributed by atoms with Crippen LogP contribution in [-0.4, -0.2) is 24.0 Å². The summed E-state index contributed by atoms with van der Waals surface area (Å²) < 4.78 is 18.3. The minimum Gasteiger partial charge on any atom is -0.452 e. The van der Waals surface area contributed by atoms with E-state index in [-0.39, 0.29) is 12.1 Å². The Hall–Kier alpha value is -3.13. The summed E-state index contributed by atoms with van der Waals surface area (Å²) in [5.41, 5.74) is 5.88. The van der Waals surface area contributed by atoms with Crippen molar-refractivity contribution in [3.63, 3.8) is 0 Å². The second kappa shape index (κ2) is 9.70. The summed E-state index contributed by atoms with van der Waals surface area (Å²) in [4.78, 5) is 35.6. The van der Waals surface area contributed by atoms with E-state index in [1.807, 2.05) is 0 Å². The maximum Gasteiger partial charge on any atom is 0.312 e. The molecule has 9 heteroatoms. The van der Waals surface area contributed by atoms with Gasteiger partial charge in [0.15, 0.2) is 6.10 Å². The highest BCUT2D eigenvalue weighted by Gasteiger charge is 2.24. The van der Waals surface area contributed by atoms with Gasteiger partial charge in [0.25, 0.3) is 5.91 Å². The normalized spacial score (nSPS) is 12.5. The molecule has 28 heavy (non-hydrogen) atoms. The number of nitrogens with two attached hydrogens (primary N) is 1. The number of carbonyl (C=O) groups is 3. The molecule has 0 saturated carbocycles. The van der Waals surface area contributed by atoms with E-state index in [4.69, 9.17) is 22.1 Å². The van der Waals surface area contributed by atoms with Crippen molar-refractivity contribution in [2.75, 3.05) is 5.32 Å². The summed E-state index contributed by atoms with van der Waals surface area (Å²) in [6, 6.07) is 10.3. The molecule has 2 atom stereocenters. The number of benzene rings is 2. The molecule has 2 aromatic carbocycles. The lowest BCUT2D eigenvalue weighted by Gasteiger charge is -2.20. The van der Waals surface area contributed by atoms with Crippen LogP contribution >= 0.6 is 11.6 Å². The number of rotatable bonds is 7. The Labute approximate surface area is 166 Å². The van der Waals surface area contributed by atoms with E-state index in [0.29, 0.717) is 10.6 Å². The van der Waals surface area contributed by atoms with Gasteiger partial charge >= 0.3 is 12.0 Å². The molecule has 0 aliphatic carbocycles. The Kier molecular flexibility index (Phi) is 7.34. The van der Waals surface area contributed by atoms with E-state index in [2.05, 4.69) is 10.6 Å². The van der Waals surface area contributed by atoms with Crippen molar-refractivity contribution in [3.05, 3.63) is 64.9 Å². The van der Waals surface area contributed by atoms with Gasteiger partial charge in [-0.15, -0.1) is 0 Å². The number of primary amides is 1. The van der Waals surface area contributed by atoms with Crippen LogP contribution in [0.3, 0.4) is 0 Å². The Balaban J connectivity index is 2.00. The molecule has 0 unspecified atom stereocenters. The summed E-state index contributed by atoms with van der Waals surface area (Å²) in [6.45, 7) is 1.37. The van der Waals surface area contributed by atoms with Crippen LogP contribution in [0, 0.1) is 5.82 Å². The van der Waals surface area contributed by atoms with Crippen molar-refractivity contribution < 1.29 is 23.5 Å². The zero-order valence-corrected chi connectivity index (χ0v) is 15.7. The van der Waals surface area contributed by atoms with Crippen molar-refractivity contribution in [2.45, 2.75) is 25.5 Å². The smallest absolute Gasteiger partial charge is 0.312 e. The maximum absolute atomic E-state index is 13.2. The molecule has 0 bridgehead atoms. The summed E-state index contributed by atoms with van der Waals surface area (Å²) in [6.07, 6.45) is -1.43. The molecule has 0 fully saturated rings. The monoisotopic (exact) mass is 407 g/mol. The minimum atomic E-state index is -1.14. The lowest BCUT2D eigenvalue weighted by Crippen LogP contribution is -2.36.